The summed E-state index contributed by atoms with van der Waals surface area (Å²) in [6.45, 7) is 1.88. The molecule has 0 radical (unpaired) electrons. The summed E-state index contributed by atoms with van der Waals surface area (Å²) in [6, 6.07) is 5.06. The van der Waals surface area contributed by atoms with Crippen molar-refractivity contribution in [1.82, 2.24) is 20.0 Å². The Labute approximate surface area is 181 Å². The van der Waals surface area contributed by atoms with Gasteiger partial charge in [-0.2, -0.15) is 5.10 Å². The molecule has 1 aromatic heterocycles. The fraction of sp³-hybridized carbons (Fsp3) is 0.474. The van der Waals surface area contributed by atoms with Crippen molar-refractivity contribution in [3.63, 3.8) is 0 Å². The topological polar surface area (TPSA) is 45.5 Å². The lowest BCUT2D eigenvalue weighted by molar-refractivity contribution is 0.484. The Morgan fingerprint density at radius 1 is 1.41 bits per heavy atom. The zero-order chi connectivity index (χ0) is 18.3. The number of guanidine groups is 1. The van der Waals surface area contributed by atoms with Crippen LogP contribution in [0.15, 0.2) is 35.6 Å². The minimum absolute atomic E-state index is 0. The summed E-state index contributed by atoms with van der Waals surface area (Å²) >= 11 is 6.20. The molecule has 0 bridgehead atoms. The van der Waals surface area contributed by atoms with Crippen LogP contribution in [0, 0.1) is 5.82 Å². The molecule has 2 aromatic rings. The molecule has 2 aliphatic rings. The van der Waals surface area contributed by atoms with Gasteiger partial charge in [-0.15, -0.1) is 24.0 Å². The highest BCUT2D eigenvalue weighted by molar-refractivity contribution is 14.0. The minimum atomic E-state index is -0.223. The van der Waals surface area contributed by atoms with Gasteiger partial charge in [-0.1, -0.05) is 17.7 Å². The van der Waals surface area contributed by atoms with Crippen LogP contribution in [0.2, 0.25) is 5.02 Å². The number of aryl methyl sites for hydroxylation is 1. The monoisotopic (exact) mass is 503 g/mol. The highest BCUT2D eigenvalue weighted by Gasteiger charge is 2.42. The molecule has 1 aliphatic heterocycles. The lowest BCUT2D eigenvalue weighted by atomic mass is 10.0. The molecule has 1 aliphatic carbocycles. The van der Waals surface area contributed by atoms with Crippen LogP contribution in [0.1, 0.15) is 35.8 Å². The van der Waals surface area contributed by atoms with E-state index in [-0.39, 0.29) is 41.8 Å². The van der Waals surface area contributed by atoms with Crippen molar-refractivity contribution < 1.29 is 4.39 Å². The third kappa shape index (κ3) is 4.23. The second-order valence-electron chi connectivity index (χ2n) is 7.15. The average molecular weight is 504 g/mol. The molecule has 5 nitrogen and oxygen atoms in total. The first-order valence-electron chi connectivity index (χ1n) is 8.97. The van der Waals surface area contributed by atoms with Gasteiger partial charge in [0.25, 0.3) is 0 Å². The molecule has 3 atom stereocenters. The molecule has 2 heterocycles. The van der Waals surface area contributed by atoms with Gasteiger partial charge in [0.1, 0.15) is 5.82 Å². The van der Waals surface area contributed by atoms with E-state index in [0.717, 1.165) is 31.9 Å². The fourth-order valence-corrected chi connectivity index (χ4v) is 4.18. The molecule has 1 N–H and O–H groups in total. The summed E-state index contributed by atoms with van der Waals surface area (Å²) in [6.07, 6.45) is 5.99. The van der Waals surface area contributed by atoms with E-state index in [1.807, 2.05) is 17.9 Å². The van der Waals surface area contributed by atoms with Crippen molar-refractivity contribution in [3.8, 4) is 0 Å². The van der Waals surface area contributed by atoms with Gasteiger partial charge in [0.15, 0.2) is 5.96 Å². The Bertz CT molecular complexity index is 819. The first kappa shape index (κ1) is 20.4. The Hall–Kier alpha value is -1.35. The normalized spacial score (nSPS) is 24.7. The van der Waals surface area contributed by atoms with E-state index >= 15 is 0 Å². The van der Waals surface area contributed by atoms with E-state index in [1.54, 1.807) is 19.2 Å². The standard InChI is InChI=1S/C19H23ClFN5.HI/c1-22-19(26-7-6-12(11-26)13-9-23-25(2)10-13)24-17-8-14(17)18-15(20)4-3-5-16(18)21;/h3-5,9-10,12,14,17H,6-8,11H2,1-2H3,(H,22,24);1H. The minimum Gasteiger partial charge on any atom is -0.353 e. The van der Waals surface area contributed by atoms with Crippen molar-refractivity contribution in [3.05, 3.63) is 52.6 Å². The van der Waals surface area contributed by atoms with Crippen LogP contribution in [-0.2, 0) is 7.05 Å². The van der Waals surface area contributed by atoms with Gasteiger partial charge >= 0.3 is 0 Å². The fourth-order valence-electron chi connectivity index (χ4n) is 3.88. The lowest BCUT2D eigenvalue weighted by Crippen LogP contribution is -2.41. The largest absolute Gasteiger partial charge is 0.353 e. The summed E-state index contributed by atoms with van der Waals surface area (Å²) < 4.78 is 16.0. The smallest absolute Gasteiger partial charge is 0.193 e. The first-order chi connectivity index (χ1) is 12.6. The van der Waals surface area contributed by atoms with Gasteiger partial charge in [0.05, 0.1) is 6.20 Å². The molecular weight excluding hydrogens is 480 g/mol. The van der Waals surface area contributed by atoms with Crippen molar-refractivity contribution in [1.29, 1.82) is 0 Å². The molecule has 0 amide bonds. The maximum atomic E-state index is 14.1. The van der Waals surface area contributed by atoms with Crippen molar-refractivity contribution in [2.75, 3.05) is 20.1 Å². The number of hydrogen-bond acceptors (Lipinski definition) is 2. The number of benzene rings is 1. The number of nitrogens with one attached hydrogen (secondary N) is 1. The van der Waals surface area contributed by atoms with E-state index < -0.39 is 0 Å². The number of hydrogen-bond donors (Lipinski definition) is 1. The van der Waals surface area contributed by atoms with E-state index in [1.165, 1.54) is 11.6 Å². The SMILES string of the molecule is CN=C(NC1CC1c1c(F)cccc1Cl)N1CCC(c2cnn(C)c2)C1.I. The van der Waals surface area contributed by atoms with E-state index in [2.05, 4.69) is 26.5 Å². The highest BCUT2D eigenvalue weighted by atomic mass is 127. The summed E-state index contributed by atoms with van der Waals surface area (Å²) in [5, 5.41) is 8.27. The van der Waals surface area contributed by atoms with Crippen LogP contribution in [0.3, 0.4) is 0 Å². The van der Waals surface area contributed by atoms with E-state index in [0.29, 0.717) is 16.5 Å². The molecule has 1 saturated heterocycles. The predicted octanol–water partition coefficient (Wildman–Crippen LogP) is 3.75. The number of aliphatic imine (C=N–C) groups is 1. The number of aromatic nitrogens is 2. The van der Waals surface area contributed by atoms with E-state index in [9.17, 15) is 4.39 Å². The van der Waals surface area contributed by atoms with Crippen LogP contribution in [-0.4, -0.2) is 46.8 Å². The molecular formula is C19H24ClFIN5. The average Bonchev–Trinajstić information content (AvgIpc) is 3.00. The van der Waals surface area contributed by atoms with Crippen LogP contribution in [0.25, 0.3) is 0 Å². The predicted molar refractivity (Wildman–Crippen MR) is 117 cm³/mol. The maximum absolute atomic E-state index is 14.1. The summed E-state index contributed by atoms with van der Waals surface area (Å²) in [5.41, 5.74) is 1.89. The molecule has 0 spiro atoms. The molecule has 1 saturated carbocycles. The van der Waals surface area contributed by atoms with E-state index in [4.69, 9.17) is 11.6 Å². The summed E-state index contributed by atoms with van der Waals surface area (Å²) in [5.74, 6) is 1.24. The molecule has 3 unspecified atom stereocenters. The van der Waals surface area contributed by atoms with Crippen LogP contribution < -0.4 is 5.32 Å². The Kier molecular flexibility index (Phi) is 6.30. The molecule has 1 aromatic carbocycles. The van der Waals surface area contributed by atoms with Gasteiger partial charge in [-0.05, 0) is 30.5 Å². The number of likely N-dealkylation sites (tertiary alicyclic amines) is 1. The molecule has 8 heteroatoms. The number of halogens is 3. The van der Waals surface area contributed by atoms with Crippen molar-refractivity contribution >= 4 is 41.5 Å². The Morgan fingerprint density at radius 3 is 2.89 bits per heavy atom. The van der Waals surface area contributed by atoms with Gasteiger partial charge < -0.3 is 10.2 Å². The molecule has 146 valence electrons. The van der Waals surface area contributed by atoms with Crippen LogP contribution in [0.5, 0.6) is 0 Å². The molecule has 27 heavy (non-hydrogen) atoms. The second-order valence-corrected chi connectivity index (χ2v) is 7.56. The van der Waals surface area contributed by atoms with Gasteiger partial charge in [0.2, 0.25) is 0 Å². The van der Waals surface area contributed by atoms with Crippen molar-refractivity contribution in [2.45, 2.75) is 30.7 Å². The second kappa shape index (κ2) is 8.34. The van der Waals surface area contributed by atoms with Gasteiger partial charge in [-0.3, -0.25) is 9.67 Å². The molecule has 2 fully saturated rings. The highest BCUT2D eigenvalue weighted by Crippen LogP contribution is 2.45. The lowest BCUT2D eigenvalue weighted by Gasteiger charge is -2.22. The third-order valence-electron chi connectivity index (χ3n) is 5.37. The Morgan fingerprint density at radius 2 is 2.22 bits per heavy atom. The zero-order valence-corrected chi connectivity index (χ0v) is 18.5. The maximum Gasteiger partial charge on any atom is 0.193 e. The number of rotatable bonds is 3. The summed E-state index contributed by atoms with van der Waals surface area (Å²) in [7, 11) is 3.74. The number of nitrogens with zero attached hydrogens (tertiary/aromatic N) is 4. The quantitative estimate of drug-likeness (QED) is 0.394. The van der Waals surface area contributed by atoms with Crippen LogP contribution >= 0.6 is 35.6 Å². The summed E-state index contributed by atoms with van der Waals surface area (Å²) in [4.78, 5) is 6.71. The van der Waals surface area contributed by atoms with Crippen molar-refractivity contribution in [2.24, 2.45) is 12.0 Å². The van der Waals surface area contributed by atoms with Crippen LogP contribution in [0.4, 0.5) is 4.39 Å². The Balaban J connectivity index is 0.00000210. The third-order valence-corrected chi connectivity index (χ3v) is 5.70. The molecule has 4 rings (SSSR count). The van der Waals surface area contributed by atoms with Gasteiger partial charge in [-0.25, -0.2) is 4.39 Å². The van der Waals surface area contributed by atoms with Gasteiger partial charge in [0, 0.05) is 61.8 Å². The first-order valence-corrected chi connectivity index (χ1v) is 9.35. The zero-order valence-electron chi connectivity index (χ0n) is 15.4.